The van der Waals surface area contributed by atoms with E-state index >= 15 is 0 Å². The topological polar surface area (TPSA) is 32.3 Å². The van der Waals surface area contributed by atoms with Gasteiger partial charge in [-0.2, -0.15) is 0 Å². The first-order valence-electron chi connectivity index (χ1n) is 6.72. The molecule has 0 atom stereocenters. The Hall–Kier alpha value is -0.860. The molecular formula is C15H21NO. The lowest BCUT2D eigenvalue weighted by molar-refractivity contribution is 0.207. The second kappa shape index (κ2) is 4.43. The van der Waals surface area contributed by atoms with Crippen molar-refractivity contribution in [2.75, 3.05) is 13.2 Å². The van der Waals surface area contributed by atoms with E-state index in [1.165, 1.54) is 36.8 Å². The highest BCUT2D eigenvalue weighted by molar-refractivity contribution is 5.27. The van der Waals surface area contributed by atoms with Crippen LogP contribution in [-0.2, 0) is 6.54 Å². The lowest BCUT2D eigenvalue weighted by Gasteiger charge is -2.12. The molecule has 92 valence electrons. The summed E-state index contributed by atoms with van der Waals surface area (Å²) in [5.74, 6) is 0.848. The zero-order valence-electron chi connectivity index (χ0n) is 10.3. The van der Waals surface area contributed by atoms with Crippen LogP contribution in [0, 0.1) is 5.41 Å². The van der Waals surface area contributed by atoms with Crippen LogP contribution in [0.25, 0.3) is 0 Å². The molecule has 0 spiro atoms. The van der Waals surface area contributed by atoms with Gasteiger partial charge in [-0.25, -0.2) is 0 Å². The van der Waals surface area contributed by atoms with Crippen LogP contribution >= 0.6 is 0 Å². The standard InChI is InChI=1S/C15H21NO/c17-11-15(7-8-15)10-16-9-12-1-3-13(4-2-12)14-5-6-14/h1-4,14,16-17H,5-11H2. The van der Waals surface area contributed by atoms with Crippen LogP contribution in [0.15, 0.2) is 24.3 Å². The summed E-state index contributed by atoms with van der Waals surface area (Å²) in [6.07, 6.45) is 5.10. The number of benzene rings is 1. The fourth-order valence-corrected chi connectivity index (χ4v) is 2.36. The molecular weight excluding hydrogens is 210 g/mol. The van der Waals surface area contributed by atoms with Gasteiger partial charge in [0.15, 0.2) is 0 Å². The van der Waals surface area contributed by atoms with Gasteiger partial charge < -0.3 is 10.4 Å². The Morgan fingerprint density at radius 3 is 2.41 bits per heavy atom. The third kappa shape index (κ3) is 2.70. The molecule has 2 fully saturated rings. The predicted molar refractivity (Wildman–Crippen MR) is 68.9 cm³/mol. The molecule has 1 aromatic rings. The predicted octanol–water partition coefficient (Wildman–Crippen LogP) is 2.43. The number of aliphatic hydroxyl groups is 1. The summed E-state index contributed by atoms with van der Waals surface area (Å²) in [6, 6.07) is 9.01. The van der Waals surface area contributed by atoms with Gasteiger partial charge >= 0.3 is 0 Å². The van der Waals surface area contributed by atoms with E-state index in [9.17, 15) is 5.11 Å². The second-order valence-corrected chi connectivity index (χ2v) is 5.78. The van der Waals surface area contributed by atoms with E-state index in [1.54, 1.807) is 0 Å². The molecule has 2 aliphatic rings. The number of nitrogens with one attached hydrogen (secondary N) is 1. The first-order valence-corrected chi connectivity index (χ1v) is 6.72. The van der Waals surface area contributed by atoms with E-state index in [2.05, 4.69) is 29.6 Å². The molecule has 2 heteroatoms. The average Bonchev–Trinajstić information content (AvgIpc) is 3.25. The fraction of sp³-hybridized carbons (Fsp3) is 0.600. The molecule has 2 aliphatic carbocycles. The molecule has 2 nitrogen and oxygen atoms in total. The molecule has 2 N–H and O–H groups in total. The Bertz CT molecular complexity index is 376. The molecule has 3 rings (SSSR count). The van der Waals surface area contributed by atoms with Crippen molar-refractivity contribution in [3.8, 4) is 0 Å². The van der Waals surface area contributed by atoms with Crippen molar-refractivity contribution >= 4 is 0 Å². The van der Waals surface area contributed by atoms with Gasteiger partial charge in [-0.3, -0.25) is 0 Å². The monoisotopic (exact) mass is 231 g/mol. The first kappa shape index (κ1) is 11.2. The summed E-state index contributed by atoms with van der Waals surface area (Å²) in [5, 5.41) is 12.7. The Morgan fingerprint density at radius 2 is 1.88 bits per heavy atom. The van der Waals surface area contributed by atoms with Gasteiger partial charge in [0.25, 0.3) is 0 Å². The van der Waals surface area contributed by atoms with Crippen molar-refractivity contribution in [3.63, 3.8) is 0 Å². The largest absolute Gasteiger partial charge is 0.396 e. The Balaban J connectivity index is 1.47. The highest BCUT2D eigenvalue weighted by Gasteiger charge is 2.41. The van der Waals surface area contributed by atoms with Crippen molar-refractivity contribution in [2.24, 2.45) is 5.41 Å². The van der Waals surface area contributed by atoms with Crippen LogP contribution in [0.3, 0.4) is 0 Å². The van der Waals surface area contributed by atoms with Crippen molar-refractivity contribution in [2.45, 2.75) is 38.1 Å². The van der Waals surface area contributed by atoms with Gasteiger partial charge in [-0.15, -0.1) is 0 Å². The van der Waals surface area contributed by atoms with Gasteiger partial charge in [-0.05, 0) is 42.7 Å². The van der Waals surface area contributed by atoms with Crippen molar-refractivity contribution < 1.29 is 5.11 Å². The Labute approximate surface area is 103 Å². The van der Waals surface area contributed by atoms with Crippen LogP contribution < -0.4 is 5.32 Å². The maximum absolute atomic E-state index is 9.22. The van der Waals surface area contributed by atoms with Crippen molar-refractivity contribution in [3.05, 3.63) is 35.4 Å². The fourth-order valence-electron chi connectivity index (χ4n) is 2.36. The van der Waals surface area contributed by atoms with Gasteiger partial charge in [0.05, 0.1) is 0 Å². The molecule has 0 aliphatic heterocycles. The minimum absolute atomic E-state index is 0.216. The highest BCUT2D eigenvalue weighted by atomic mass is 16.3. The highest BCUT2D eigenvalue weighted by Crippen LogP contribution is 2.44. The average molecular weight is 231 g/mol. The smallest absolute Gasteiger partial charge is 0.0499 e. The summed E-state index contributed by atoms with van der Waals surface area (Å²) in [7, 11) is 0. The summed E-state index contributed by atoms with van der Waals surface area (Å²) < 4.78 is 0. The van der Waals surface area contributed by atoms with Crippen molar-refractivity contribution in [1.29, 1.82) is 0 Å². The Kier molecular flexibility index (Phi) is 2.93. The maximum Gasteiger partial charge on any atom is 0.0499 e. The third-order valence-corrected chi connectivity index (χ3v) is 4.15. The number of aliphatic hydroxyl groups excluding tert-OH is 1. The van der Waals surface area contributed by atoms with Gasteiger partial charge in [0.2, 0.25) is 0 Å². The van der Waals surface area contributed by atoms with E-state index in [-0.39, 0.29) is 5.41 Å². The minimum atomic E-state index is 0.216. The van der Waals surface area contributed by atoms with Gasteiger partial charge in [-0.1, -0.05) is 24.3 Å². The molecule has 0 bridgehead atoms. The lowest BCUT2D eigenvalue weighted by Crippen LogP contribution is -2.26. The summed E-state index contributed by atoms with van der Waals surface area (Å²) in [4.78, 5) is 0. The van der Waals surface area contributed by atoms with E-state index in [0.717, 1.165) is 19.0 Å². The van der Waals surface area contributed by atoms with Gasteiger partial charge in [0, 0.05) is 25.1 Å². The van der Waals surface area contributed by atoms with E-state index in [1.807, 2.05) is 0 Å². The van der Waals surface area contributed by atoms with E-state index < -0.39 is 0 Å². The van der Waals surface area contributed by atoms with Crippen molar-refractivity contribution in [1.82, 2.24) is 5.32 Å². The molecule has 0 radical (unpaired) electrons. The molecule has 2 saturated carbocycles. The quantitative estimate of drug-likeness (QED) is 0.788. The lowest BCUT2D eigenvalue weighted by atomic mass is 10.1. The molecule has 0 saturated heterocycles. The summed E-state index contributed by atoms with van der Waals surface area (Å²) in [6.45, 7) is 2.21. The molecule has 0 unspecified atom stereocenters. The van der Waals surface area contributed by atoms with Gasteiger partial charge in [0.1, 0.15) is 0 Å². The number of hydrogen-bond donors (Lipinski definition) is 2. The summed E-state index contributed by atoms with van der Waals surface area (Å²) in [5.41, 5.74) is 3.07. The molecule has 0 aromatic heterocycles. The van der Waals surface area contributed by atoms with Crippen LogP contribution in [-0.4, -0.2) is 18.3 Å². The Morgan fingerprint density at radius 1 is 1.18 bits per heavy atom. The third-order valence-electron chi connectivity index (χ3n) is 4.15. The SMILES string of the molecule is OCC1(CNCc2ccc(C3CC3)cc2)CC1. The first-order chi connectivity index (χ1) is 8.31. The van der Waals surface area contributed by atoms with Crippen LogP contribution in [0.5, 0.6) is 0 Å². The minimum Gasteiger partial charge on any atom is -0.396 e. The van der Waals surface area contributed by atoms with E-state index in [0.29, 0.717) is 6.61 Å². The maximum atomic E-state index is 9.22. The second-order valence-electron chi connectivity index (χ2n) is 5.78. The zero-order valence-corrected chi connectivity index (χ0v) is 10.3. The molecule has 17 heavy (non-hydrogen) atoms. The van der Waals surface area contributed by atoms with Crippen LogP contribution in [0.4, 0.5) is 0 Å². The normalized spacial score (nSPS) is 21.5. The van der Waals surface area contributed by atoms with Crippen LogP contribution in [0.1, 0.15) is 42.7 Å². The molecule has 1 aromatic carbocycles. The molecule has 0 heterocycles. The number of hydrogen-bond acceptors (Lipinski definition) is 2. The molecule has 0 amide bonds. The van der Waals surface area contributed by atoms with Crippen LogP contribution in [0.2, 0.25) is 0 Å². The zero-order chi connectivity index (χ0) is 11.7. The number of rotatable bonds is 6. The summed E-state index contributed by atoms with van der Waals surface area (Å²) >= 11 is 0. The van der Waals surface area contributed by atoms with E-state index in [4.69, 9.17) is 0 Å².